The normalized spacial score (nSPS) is 13.8. The predicted molar refractivity (Wildman–Crippen MR) is 101 cm³/mol. The zero-order chi connectivity index (χ0) is 18.9. The summed E-state index contributed by atoms with van der Waals surface area (Å²) in [5.74, 6) is 0.958. The van der Waals surface area contributed by atoms with Crippen LogP contribution in [-0.2, 0) is 10.0 Å². The predicted octanol–water partition coefficient (Wildman–Crippen LogP) is 3.49. The van der Waals surface area contributed by atoms with Crippen molar-refractivity contribution in [3.8, 4) is 17.2 Å². The molecule has 7 nitrogen and oxygen atoms in total. The highest BCUT2D eigenvalue weighted by Gasteiger charge is 2.19. The van der Waals surface area contributed by atoms with E-state index in [0.29, 0.717) is 41.1 Å². The Morgan fingerprint density at radius 3 is 2.67 bits per heavy atom. The SMILES string of the molecule is O=S(=O)(Nc1cnn(-c2ccccc2Cl)c1)c1ccc2c(c1)OCCCO2. The van der Waals surface area contributed by atoms with Crippen LogP contribution in [0.4, 0.5) is 5.69 Å². The van der Waals surface area contributed by atoms with E-state index >= 15 is 0 Å². The molecule has 0 fully saturated rings. The van der Waals surface area contributed by atoms with Gasteiger partial charge >= 0.3 is 0 Å². The van der Waals surface area contributed by atoms with Gasteiger partial charge in [-0.3, -0.25) is 4.72 Å². The highest BCUT2D eigenvalue weighted by molar-refractivity contribution is 7.92. The molecular formula is C18H16ClN3O4S. The average molecular weight is 406 g/mol. The molecule has 1 N–H and O–H groups in total. The Kier molecular flexibility index (Phi) is 4.67. The molecule has 0 radical (unpaired) electrons. The minimum Gasteiger partial charge on any atom is -0.490 e. The second-order valence-electron chi connectivity index (χ2n) is 5.89. The molecule has 0 bridgehead atoms. The third kappa shape index (κ3) is 3.72. The molecule has 0 saturated heterocycles. The number of nitrogens with one attached hydrogen (secondary N) is 1. The Bertz CT molecular complexity index is 1080. The van der Waals surface area contributed by atoms with Crippen LogP contribution >= 0.6 is 11.6 Å². The first-order chi connectivity index (χ1) is 13.0. The van der Waals surface area contributed by atoms with Crippen LogP contribution < -0.4 is 14.2 Å². The lowest BCUT2D eigenvalue weighted by Gasteiger charge is -2.10. The number of rotatable bonds is 4. The van der Waals surface area contributed by atoms with Crippen LogP contribution in [0, 0.1) is 0 Å². The standard InChI is InChI=1S/C18H16ClN3O4S/c19-15-4-1-2-5-16(15)22-12-13(11-20-22)21-27(23,24)14-6-7-17-18(10-14)26-9-3-8-25-17/h1-2,4-7,10-12,21H,3,8-9H2. The molecule has 0 unspecified atom stereocenters. The second kappa shape index (κ2) is 7.13. The molecule has 3 aromatic rings. The van der Waals surface area contributed by atoms with Gasteiger partial charge < -0.3 is 9.47 Å². The number of anilines is 1. The highest BCUT2D eigenvalue weighted by Crippen LogP contribution is 2.32. The summed E-state index contributed by atoms with van der Waals surface area (Å²) < 4.78 is 40.5. The van der Waals surface area contributed by atoms with Gasteiger partial charge in [0.15, 0.2) is 11.5 Å². The summed E-state index contributed by atoms with van der Waals surface area (Å²) in [6.45, 7) is 1.02. The maximum atomic E-state index is 12.7. The Labute approximate surface area is 161 Å². The van der Waals surface area contributed by atoms with Crippen LogP contribution in [-0.4, -0.2) is 31.4 Å². The summed E-state index contributed by atoms with van der Waals surface area (Å²) in [6.07, 6.45) is 3.72. The van der Waals surface area contributed by atoms with E-state index in [-0.39, 0.29) is 4.90 Å². The number of para-hydroxylation sites is 1. The maximum Gasteiger partial charge on any atom is 0.262 e. The van der Waals surface area contributed by atoms with E-state index in [1.54, 1.807) is 24.4 Å². The lowest BCUT2D eigenvalue weighted by molar-refractivity contribution is 0.297. The van der Waals surface area contributed by atoms with Crippen molar-refractivity contribution < 1.29 is 17.9 Å². The fraction of sp³-hybridized carbons (Fsp3) is 0.167. The Hall–Kier alpha value is -2.71. The van der Waals surface area contributed by atoms with Crippen molar-refractivity contribution in [1.82, 2.24) is 9.78 Å². The van der Waals surface area contributed by atoms with Gasteiger partial charge in [-0.2, -0.15) is 5.10 Å². The number of hydrogen-bond acceptors (Lipinski definition) is 5. The third-order valence-corrected chi connectivity index (χ3v) is 5.66. The van der Waals surface area contributed by atoms with Crippen molar-refractivity contribution in [3.05, 3.63) is 59.9 Å². The van der Waals surface area contributed by atoms with Crippen molar-refractivity contribution in [2.75, 3.05) is 17.9 Å². The molecule has 0 atom stereocenters. The molecule has 0 saturated carbocycles. The third-order valence-electron chi connectivity index (χ3n) is 3.96. The summed E-state index contributed by atoms with van der Waals surface area (Å²) in [5, 5.41) is 4.68. The lowest BCUT2D eigenvalue weighted by atomic mass is 10.3. The van der Waals surface area contributed by atoms with E-state index in [4.69, 9.17) is 21.1 Å². The van der Waals surface area contributed by atoms with Gasteiger partial charge in [0.25, 0.3) is 10.0 Å². The number of halogens is 1. The van der Waals surface area contributed by atoms with Crippen LogP contribution in [0.1, 0.15) is 6.42 Å². The van der Waals surface area contributed by atoms with Crippen LogP contribution in [0.5, 0.6) is 11.5 Å². The fourth-order valence-corrected chi connectivity index (χ4v) is 3.93. The van der Waals surface area contributed by atoms with E-state index in [0.717, 1.165) is 6.42 Å². The quantitative estimate of drug-likeness (QED) is 0.718. The van der Waals surface area contributed by atoms with Gasteiger partial charge in [0.05, 0.1) is 46.9 Å². The van der Waals surface area contributed by atoms with Crippen LogP contribution in [0.25, 0.3) is 5.69 Å². The average Bonchev–Trinajstić information content (AvgIpc) is 2.96. The van der Waals surface area contributed by atoms with Crippen LogP contribution in [0.3, 0.4) is 0 Å². The van der Waals surface area contributed by atoms with E-state index < -0.39 is 10.0 Å². The summed E-state index contributed by atoms with van der Waals surface area (Å²) in [6, 6.07) is 11.7. The second-order valence-corrected chi connectivity index (χ2v) is 7.98. The maximum absolute atomic E-state index is 12.7. The molecule has 140 valence electrons. The van der Waals surface area contributed by atoms with E-state index in [2.05, 4.69) is 9.82 Å². The largest absolute Gasteiger partial charge is 0.490 e. The molecule has 0 aliphatic carbocycles. The van der Waals surface area contributed by atoms with Crippen molar-refractivity contribution in [1.29, 1.82) is 0 Å². The molecule has 0 amide bonds. The van der Waals surface area contributed by atoms with Gasteiger partial charge in [-0.05, 0) is 24.3 Å². The van der Waals surface area contributed by atoms with Gasteiger partial charge in [-0.1, -0.05) is 23.7 Å². The number of aromatic nitrogens is 2. The zero-order valence-electron chi connectivity index (χ0n) is 14.1. The van der Waals surface area contributed by atoms with Gasteiger partial charge in [-0.15, -0.1) is 0 Å². The molecule has 1 aliphatic heterocycles. The van der Waals surface area contributed by atoms with Gasteiger partial charge in [0.2, 0.25) is 0 Å². The summed E-state index contributed by atoms with van der Waals surface area (Å²) in [7, 11) is -3.81. The number of benzene rings is 2. The molecule has 1 aromatic heterocycles. The first-order valence-corrected chi connectivity index (χ1v) is 10.1. The smallest absolute Gasteiger partial charge is 0.262 e. The number of hydrogen-bond donors (Lipinski definition) is 1. The zero-order valence-corrected chi connectivity index (χ0v) is 15.7. The van der Waals surface area contributed by atoms with Gasteiger partial charge in [-0.25, -0.2) is 13.1 Å². The Morgan fingerprint density at radius 2 is 1.85 bits per heavy atom. The molecule has 2 heterocycles. The number of fused-ring (bicyclic) bond motifs is 1. The van der Waals surface area contributed by atoms with E-state index in [1.165, 1.54) is 23.0 Å². The summed E-state index contributed by atoms with van der Waals surface area (Å²) in [5.41, 5.74) is 0.974. The highest BCUT2D eigenvalue weighted by atomic mass is 35.5. The molecular weight excluding hydrogens is 390 g/mol. The Balaban J connectivity index is 1.59. The lowest BCUT2D eigenvalue weighted by Crippen LogP contribution is -2.12. The van der Waals surface area contributed by atoms with Crippen molar-refractivity contribution in [2.45, 2.75) is 11.3 Å². The Morgan fingerprint density at radius 1 is 1.07 bits per heavy atom. The minimum absolute atomic E-state index is 0.0808. The first-order valence-electron chi connectivity index (χ1n) is 8.25. The number of nitrogens with zero attached hydrogens (tertiary/aromatic N) is 2. The van der Waals surface area contributed by atoms with Gasteiger partial charge in [0.1, 0.15) is 0 Å². The van der Waals surface area contributed by atoms with Crippen molar-refractivity contribution in [2.24, 2.45) is 0 Å². The van der Waals surface area contributed by atoms with E-state index in [1.807, 2.05) is 12.1 Å². The minimum atomic E-state index is -3.81. The first kappa shape index (κ1) is 17.7. The fourth-order valence-electron chi connectivity index (χ4n) is 2.67. The van der Waals surface area contributed by atoms with Crippen molar-refractivity contribution >= 4 is 27.3 Å². The summed E-state index contributed by atoms with van der Waals surface area (Å²) >= 11 is 6.15. The topological polar surface area (TPSA) is 82.5 Å². The number of sulfonamides is 1. The van der Waals surface area contributed by atoms with E-state index in [9.17, 15) is 8.42 Å². The van der Waals surface area contributed by atoms with Gasteiger partial charge in [0, 0.05) is 12.5 Å². The van der Waals surface area contributed by atoms with Crippen LogP contribution in [0.2, 0.25) is 5.02 Å². The van der Waals surface area contributed by atoms with Crippen LogP contribution in [0.15, 0.2) is 59.8 Å². The molecule has 27 heavy (non-hydrogen) atoms. The molecule has 2 aromatic carbocycles. The number of ether oxygens (including phenoxy) is 2. The molecule has 9 heteroatoms. The molecule has 4 rings (SSSR count). The molecule has 1 aliphatic rings. The summed E-state index contributed by atoms with van der Waals surface area (Å²) in [4.78, 5) is 0.0808. The molecule has 0 spiro atoms. The van der Waals surface area contributed by atoms with Crippen molar-refractivity contribution in [3.63, 3.8) is 0 Å². The monoisotopic (exact) mass is 405 g/mol.